The van der Waals surface area contributed by atoms with Crippen molar-refractivity contribution in [2.24, 2.45) is 0 Å². The SMILES string of the molecule is C=CCOC(=O)/C(C#N)=C\c1ccc(-c2ccc([N+](=O)[O-])cc2)o1. The van der Waals surface area contributed by atoms with Gasteiger partial charge in [0.05, 0.1) is 4.92 Å². The molecule has 0 aliphatic heterocycles. The zero-order valence-electron chi connectivity index (χ0n) is 12.5. The summed E-state index contributed by atoms with van der Waals surface area (Å²) in [6.07, 6.45) is 2.66. The van der Waals surface area contributed by atoms with Gasteiger partial charge in [-0.1, -0.05) is 12.7 Å². The van der Waals surface area contributed by atoms with E-state index < -0.39 is 10.9 Å². The molecule has 0 bridgehead atoms. The fourth-order valence-electron chi connectivity index (χ4n) is 1.82. The first-order chi connectivity index (χ1) is 11.5. The highest BCUT2D eigenvalue weighted by molar-refractivity contribution is 5.97. The maximum absolute atomic E-state index is 11.6. The molecule has 0 fully saturated rings. The summed E-state index contributed by atoms with van der Waals surface area (Å²) in [6.45, 7) is 3.42. The minimum absolute atomic E-state index is 0.00402. The van der Waals surface area contributed by atoms with Gasteiger partial charge in [0.1, 0.15) is 29.8 Å². The van der Waals surface area contributed by atoms with Crippen LogP contribution >= 0.6 is 0 Å². The van der Waals surface area contributed by atoms with E-state index in [1.54, 1.807) is 30.3 Å². The molecule has 0 radical (unpaired) electrons. The van der Waals surface area contributed by atoms with Gasteiger partial charge < -0.3 is 9.15 Å². The van der Waals surface area contributed by atoms with Crippen LogP contribution in [-0.4, -0.2) is 17.5 Å². The van der Waals surface area contributed by atoms with E-state index in [1.807, 2.05) is 0 Å². The van der Waals surface area contributed by atoms with Crippen LogP contribution in [0.3, 0.4) is 0 Å². The molecule has 0 saturated carbocycles. The Bertz CT molecular complexity index is 841. The van der Waals surface area contributed by atoms with Crippen molar-refractivity contribution in [2.75, 3.05) is 6.61 Å². The number of hydrogen-bond donors (Lipinski definition) is 0. The lowest BCUT2D eigenvalue weighted by atomic mass is 10.1. The van der Waals surface area contributed by atoms with E-state index in [4.69, 9.17) is 14.4 Å². The average molecular weight is 324 g/mol. The second-order valence-electron chi connectivity index (χ2n) is 4.56. The van der Waals surface area contributed by atoms with Gasteiger partial charge in [-0.3, -0.25) is 10.1 Å². The summed E-state index contributed by atoms with van der Waals surface area (Å²) in [7, 11) is 0. The molecular weight excluding hydrogens is 312 g/mol. The monoisotopic (exact) mass is 324 g/mol. The Kier molecular flexibility index (Phi) is 5.26. The molecule has 1 aromatic heterocycles. The number of ether oxygens (including phenoxy) is 1. The van der Waals surface area contributed by atoms with Crippen molar-refractivity contribution in [3.63, 3.8) is 0 Å². The molecule has 0 spiro atoms. The molecule has 24 heavy (non-hydrogen) atoms. The van der Waals surface area contributed by atoms with Crippen LogP contribution in [0.4, 0.5) is 5.69 Å². The third kappa shape index (κ3) is 3.96. The molecule has 0 aliphatic rings. The first-order valence-corrected chi connectivity index (χ1v) is 6.79. The van der Waals surface area contributed by atoms with E-state index in [0.29, 0.717) is 11.3 Å². The number of rotatable bonds is 6. The summed E-state index contributed by atoms with van der Waals surface area (Å²) in [5.74, 6) is -0.0333. The molecule has 7 heteroatoms. The second-order valence-corrected chi connectivity index (χ2v) is 4.56. The standard InChI is InChI=1S/C17H12N2O5/c1-2-9-23-17(20)13(11-18)10-15-7-8-16(24-15)12-3-5-14(6-4-12)19(21)22/h2-8,10H,1,9H2/b13-10-. The number of carbonyl (C=O) groups excluding carboxylic acids is 1. The highest BCUT2D eigenvalue weighted by Gasteiger charge is 2.12. The van der Waals surface area contributed by atoms with Gasteiger partial charge in [0.2, 0.25) is 0 Å². The molecule has 120 valence electrons. The van der Waals surface area contributed by atoms with Gasteiger partial charge in [-0.05, 0) is 24.3 Å². The maximum Gasteiger partial charge on any atom is 0.349 e. The molecule has 0 unspecified atom stereocenters. The van der Waals surface area contributed by atoms with Crippen LogP contribution in [0.15, 0.2) is 59.0 Å². The Morgan fingerprint density at radius 1 is 1.33 bits per heavy atom. The van der Waals surface area contributed by atoms with Crippen molar-refractivity contribution in [3.8, 4) is 17.4 Å². The molecule has 0 saturated heterocycles. The summed E-state index contributed by atoms with van der Waals surface area (Å²) in [5, 5.41) is 19.7. The van der Waals surface area contributed by atoms with E-state index in [0.717, 1.165) is 0 Å². The van der Waals surface area contributed by atoms with Crippen molar-refractivity contribution < 1.29 is 18.9 Å². The van der Waals surface area contributed by atoms with Crippen molar-refractivity contribution in [3.05, 3.63) is 70.5 Å². The second kappa shape index (κ2) is 7.56. The third-order valence-electron chi connectivity index (χ3n) is 2.95. The van der Waals surface area contributed by atoms with Gasteiger partial charge in [0.15, 0.2) is 0 Å². The molecule has 1 aromatic carbocycles. The lowest BCUT2D eigenvalue weighted by Crippen LogP contribution is -2.06. The van der Waals surface area contributed by atoms with Gasteiger partial charge in [0, 0.05) is 23.8 Å². The Morgan fingerprint density at radius 3 is 2.62 bits per heavy atom. The van der Waals surface area contributed by atoms with Crippen molar-refractivity contribution in [1.29, 1.82) is 5.26 Å². The predicted molar refractivity (Wildman–Crippen MR) is 85.5 cm³/mol. The van der Waals surface area contributed by atoms with Crippen LogP contribution in [0.2, 0.25) is 0 Å². The smallest absolute Gasteiger partial charge is 0.349 e. The van der Waals surface area contributed by atoms with E-state index in [-0.39, 0.29) is 23.6 Å². The van der Waals surface area contributed by atoms with Crippen LogP contribution in [0, 0.1) is 21.4 Å². The fourth-order valence-corrected chi connectivity index (χ4v) is 1.82. The Labute approximate surface area is 137 Å². The number of nitro benzene ring substituents is 1. The number of esters is 1. The van der Waals surface area contributed by atoms with E-state index >= 15 is 0 Å². The summed E-state index contributed by atoms with van der Waals surface area (Å²) >= 11 is 0. The fraction of sp³-hybridized carbons (Fsp3) is 0.0588. The Balaban J connectivity index is 2.21. The van der Waals surface area contributed by atoms with Crippen LogP contribution in [0.1, 0.15) is 5.76 Å². The molecular formula is C17H12N2O5. The molecule has 2 aromatic rings. The maximum atomic E-state index is 11.6. The minimum atomic E-state index is -0.773. The number of non-ortho nitro benzene ring substituents is 1. The van der Waals surface area contributed by atoms with Crippen molar-refractivity contribution in [1.82, 2.24) is 0 Å². The van der Waals surface area contributed by atoms with Gasteiger partial charge in [-0.2, -0.15) is 5.26 Å². The summed E-state index contributed by atoms with van der Waals surface area (Å²) in [4.78, 5) is 21.8. The molecule has 0 aliphatic carbocycles. The minimum Gasteiger partial charge on any atom is -0.457 e. The Morgan fingerprint density at radius 2 is 2.04 bits per heavy atom. The van der Waals surface area contributed by atoms with Gasteiger partial charge >= 0.3 is 5.97 Å². The van der Waals surface area contributed by atoms with Crippen LogP contribution < -0.4 is 0 Å². The quantitative estimate of drug-likeness (QED) is 0.201. The normalized spacial score (nSPS) is 10.7. The zero-order valence-corrected chi connectivity index (χ0v) is 12.5. The van der Waals surface area contributed by atoms with Crippen molar-refractivity contribution in [2.45, 2.75) is 0 Å². The molecule has 0 N–H and O–H groups in total. The van der Waals surface area contributed by atoms with Gasteiger partial charge in [-0.15, -0.1) is 0 Å². The molecule has 7 nitrogen and oxygen atoms in total. The third-order valence-corrected chi connectivity index (χ3v) is 2.95. The molecule has 0 atom stereocenters. The summed E-state index contributed by atoms with van der Waals surface area (Å²) in [5.41, 5.74) is 0.400. The largest absolute Gasteiger partial charge is 0.457 e. The number of carbonyl (C=O) groups is 1. The molecule has 1 heterocycles. The van der Waals surface area contributed by atoms with Crippen LogP contribution in [-0.2, 0) is 9.53 Å². The van der Waals surface area contributed by atoms with Crippen molar-refractivity contribution >= 4 is 17.7 Å². The number of nitriles is 1. The average Bonchev–Trinajstić information content (AvgIpc) is 3.06. The Hall–Kier alpha value is -3.66. The van der Waals surface area contributed by atoms with E-state index in [9.17, 15) is 14.9 Å². The number of hydrogen-bond acceptors (Lipinski definition) is 6. The van der Waals surface area contributed by atoms with Crippen LogP contribution in [0.5, 0.6) is 0 Å². The predicted octanol–water partition coefficient (Wildman–Crippen LogP) is 3.49. The number of benzene rings is 1. The zero-order chi connectivity index (χ0) is 17.5. The number of furan rings is 1. The lowest BCUT2D eigenvalue weighted by Gasteiger charge is -1.99. The molecule has 2 rings (SSSR count). The van der Waals surface area contributed by atoms with Crippen LogP contribution in [0.25, 0.3) is 17.4 Å². The van der Waals surface area contributed by atoms with E-state index in [1.165, 1.54) is 24.3 Å². The first kappa shape index (κ1) is 16.7. The highest BCUT2D eigenvalue weighted by atomic mass is 16.6. The van der Waals surface area contributed by atoms with Gasteiger partial charge in [-0.25, -0.2) is 4.79 Å². The number of nitrogens with zero attached hydrogens (tertiary/aromatic N) is 2. The highest BCUT2D eigenvalue weighted by Crippen LogP contribution is 2.25. The summed E-state index contributed by atoms with van der Waals surface area (Å²) < 4.78 is 10.3. The van der Waals surface area contributed by atoms with Gasteiger partial charge in [0.25, 0.3) is 5.69 Å². The topological polar surface area (TPSA) is 106 Å². The molecule has 0 amide bonds. The lowest BCUT2D eigenvalue weighted by molar-refractivity contribution is -0.384. The number of nitro groups is 1. The first-order valence-electron chi connectivity index (χ1n) is 6.79. The summed E-state index contributed by atoms with van der Waals surface area (Å²) in [6, 6.07) is 10.8. The van der Waals surface area contributed by atoms with E-state index in [2.05, 4.69) is 6.58 Å².